The maximum Gasteiger partial charge on any atom is 0.328 e. The molecule has 22 heavy (non-hydrogen) atoms. The van der Waals surface area contributed by atoms with Gasteiger partial charge < -0.3 is 14.6 Å². The van der Waals surface area contributed by atoms with Gasteiger partial charge in [-0.05, 0) is 12.5 Å². The van der Waals surface area contributed by atoms with Gasteiger partial charge in [0.15, 0.2) is 6.23 Å². The molecule has 0 saturated carbocycles. The predicted octanol–water partition coefficient (Wildman–Crippen LogP) is 0.451. The minimum atomic E-state index is -1.16. The van der Waals surface area contributed by atoms with Crippen LogP contribution in [0.25, 0.3) is 10.4 Å². The van der Waals surface area contributed by atoms with Gasteiger partial charge >= 0.3 is 6.03 Å². The summed E-state index contributed by atoms with van der Waals surface area (Å²) in [7, 11) is 1.37. The summed E-state index contributed by atoms with van der Waals surface area (Å²) in [5.41, 5.74) is 8.56. The minimum absolute atomic E-state index is 0.194. The third-order valence-electron chi connectivity index (χ3n) is 3.73. The first-order valence-electron chi connectivity index (χ1n) is 6.52. The van der Waals surface area contributed by atoms with Crippen LogP contribution >= 0.6 is 15.9 Å². The van der Waals surface area contributed by atoms with Gasteiger partial charge in [-0.25, -0.2) is 4.79 Å². The van der Waals surface area contributed by atoms with Gasteiger partial charge in [0.1, 0.15) is 10.6 Å². The molecular weight excluding hydrogens is 364 g/mol. The molecule has 122 valence electrons. The number of aliphatic hydroxyl groups is 1. The Kier molecular flexibility index (Phi) is 4.93. The zero-order chi connectivity index (χ0) is 16.5. The lowest BCUT2D eigenvalue weighted by Crippen LogP contribution is -2.69. The van der Waals surface area contributed by atoms with Crippen LogP contribution in [0, 0.1) is 0 Å². The molecule has 0 aromatic rings. The third kappa shape index (κ3) is 2.77. The summed E-state index contributed by atoms with van der Waals surface area (Å²) in [5, 5.41) is 15.1. The Bertz CT molecular complexity index is 523. The molecule has 2 N–H and O–H groups in total. The lowest BCUT2D eigenvalue weighted by molar-refractivity contribution is -0.153. The van der Waals surface area contributed by atoms with Crippen LogP contribution in [0.15, 0.2) is 5.11 Å². The number of amides is 3. The Labute approximate surface area is 134 Å². The monoisotopic (exact) mass is 379 g/mol. The van der Waals surface area contributed by atoms with Gasteiger partial charge in [0, 0.05) is 18.4 Å². The summed E-state index contributed by atoms with van der Waals surface area (Å²) < 4.78 is 9.71. The normalized spacial score (nSPS) is 38.6. The van der Waals surface area contributed by atoms with Crippen molar-refractivity contribution in [2.24, 2.45) is 5.11 Å². The topological polar surface area (TPSA) is 137 Å². The predicted molar refractivity (Wildman–Crippen MR) is 76.8 cm³/mol. The van der Waals surface area contributed by atoms with Gasteiger partial charge in [0.25, 0.3) is 0 Å². The van der Waals surface area contributed by atoms with Crippen LogP contribution < -0.4 is 5.32 Å². The number of hydrogen-bond donors (Lipinski definition) is 2. The average molecular weight is 380 g/mol. The second kappa shape index (κ2) is 6.39. The van der Waals surface area contributed by atoms with E-state index in [2.05, 4.69) is 31.3 Å². The first-order chi connectivity index (χ1) is 10.4. The molecule has 0 bridgehead atoms. The first-order valence-corrected chi connectivity index (χ1v) is 7.32. The number of nitrogens with zero attached hydrogens (tertiary/aromatic N) is 4. The van der Waals surface area contributed by atoms with Crippen LogP contribution in [0.2, 0.25) is 0 Å². The maximum atomic E-state index is 12.2. The van der Waals surface area contributed by atoms with E-state index in [1.165, 1.54) is 12.0 Å². The number of hydrogen-bond acceptors (Lipinski definition) is 6. The highest BCUT2D eigenvalue weighted by Crippen LogP contribution is 2.35. The molecule has 0 spiro atoms. The molecule has 3 amide bonds. The molecule has 0 unspecified atom stereocenters. The summed E-state index contributed by atoms with van der Waals surface area (Å²) in [6.45, 7) is 1.22. The van der Waals surface area contributed by atoms with Crippen molar-refractivity contribution in [3.05, 3.63) is 10.4 Å². The number of methoxy groups -OCH3 is 1. The van der Waals surface area contributed by atoms with E-state index in [1.54, 1.807) is 6.92 Å². The Hall–Kier alpha value is -1.39. The van der Waals surface area contributed by atoms with E-state index in [0.29, 0.717) is 0 Å². The van der Waals surface area contributed by atoms with E-state index in [-0.39, 0.29) is 13.0 Å². The van der Waals surface area contributed by atoms with Crippen molar-refractivity contribution >= 4 is 27.9 Å². The van der Waals surface area contributed by atoms with Gasteiger partial charge in [-0.3, -0.25) is 15.0 Å². The van der Waals surface area contributed by atoms with Gasteiger partial charge in [0.05, 0.1) is 18.8 Å². The number of nitrogens with one attached hydrogen (secondary N) is 1. The number of carbonyl (C=O) groups is 2. The zero-order valence-electron chi connectivity index (χ0n) is 12.0. The third-order valence-corrected chi connectivity index (χ3v) is 4.48. The highest BCUT2D eigenvalue weighted by atomic mass is 79.9. The van der Waals surface area contributed by atoms with Crippen molar-refractivity contribution in [1.29, 1.82) is 0 Å². The van der Waals surface area contributed by atoms with E-state index in [9.17, 15) is 14.7 Å². The molecule has 11 heteroatoms. The molecule has 0 radical (unpaired) electrons. The highest BCUT2D eigenvalue weighted by molar-refractivity contribution is 9.10. The lowest BCUT2D eigenvalue weighted by atomic mass is 10.1. The van der Waals surface area contributed by atoms with Crippen LogP contribution in [0.3, 0.4) is 0 Å². The number of rotatable bonds is 4. The Morgan fingerprint density at radius 3 is 3.00 bits per heavy atom. The quantitative estimate of drug-likeness (QED) is 0.316. The van der Waals surface area contributed by atoms with E-state index in [4.69, 9.17) is 15.0 Å². The molecule has 2 aliphatic rings. The maximum absolute atomic E-state index is 12.2. The highest BCUT2D eigenvalue weighted by Gasteiger charge is 2.54. The molecule has 5 atom stereocenters. The number of carbonyl (C=O) groups excluding carboxylic acids is 2. The second-order valence-corrected chi connectivity index (χ2v) is 6.80. The number of alkyl halides is 1. The van der Waals surface area contributed by atoms with Crippen LogP contribution in [-0.2, 0) is 14.3 Å². The Balaban J connectivity index is 2.28. The molecule has 10 nitrogen and oxygen atoms in total. The lowest BCUT2D eigenvalue weighted by Gasteiger charge is -2.44. The number of urea groups is 1. The molecule has 0 aromatic heterocycles. The van der Waals surface area contributed by atoms with E-state index in [1.807, 2.05) is 0 Å². The fourth-order valence-corrected chi connectivity index (χ4v) is 3.13. The van der Waals surface area contributed by atoms with E-state index < -0.39 is 40.9 Å². The number of imide groups is 1. The number of azide groups is 1. The molecule has 2 fully saturated rings. The number of aliphatic hydroxyl groups excluding tert-OH is 1. The van der Waals surface area contributed by atoms with Crippen molar-refractivity contribution in [1.82, 2.24) is 10.2 Å². The minimum Gasteiger partial charge on any atom is -0.394 e. The molecular formula is C11H16BrN5O5. The largest absolute Gasteiger partial charge is 0.394 e. The molecule has 0 aromatic carbocycles. The van der Waals surface area contributed by atoms with Crippen molar-refractivity contribution in [3.8, 4) is 0 Å². The summed E-state index contributed by atoms with van der Waals surface area (Å²) in [5.74, 6) is -0.524. The standard InChI is InChI=1S/C11H16BrN5O5/c1-11(12)8(19)14-10(20)17(9(11)21-2)7-3-5(15-16-13)6(4-18)22-7/h5-7,9,18H,3-4H2,1-2H3,(H,14,19,20)/t5-,6+,7+,9+,11-/m0/s1/i10+2. The van der Waals surface area contributed by atoms with Crippen LogP contribution in [0.4, 0.5) is 4.79 Å². The summed E-state index contributed by atoms with van der Waals surface area (Å²) in [6, 6.07) is -1.28. The zero-order valence-corrected chi connectivity index (χ0v) is 13.6. The van der Waals surface area contributed by atoms with Crippen molar-refractivity contribution < 1.29 is 24.2 Å². The Morgan fingerprint density at radius 2 is 2.45 bits per heavy atom. The summed E-state index contributed by atoms with van der Waals surface area (Å²) in [6.07, 6.45) is -2.23. The van der Waals surface area contributed by atoms with Crippen molar-refractivity contribution in [2.75, 3.05) is 13.7 Å². The average Bonchev–Trinajstić information content (AvgIpc) is 2.85. The smallest absolute Gasteiger partial charge is 0.328 e. The van der Waals surface area contributed by atoms with E-state index >= 15 is 0 Å². The molecule has 2 aliphatic heterocycles. The fraction of sp³-hybridized carbons (Fsp3) is 0.818. The SMILES string of the molecule is CO[C@H]1N([C@H]2C[C@H](N=[N+]=[N-])[C@@H](CO)O2)[14C](=O)NC(=O)[C@]1(C)Br. The molecule has 0 aliphatic carbocycles. The van der Waals surface area contributed by atoms with E-state index in [0.717, 1.165) is 0 Å². The van der Waals surface area contributed by atoms with Gasteiger partial charge in [-0.1, -0.05) is 21.0 Å². The summed E-state index contributed by atoms with van der Waals surface area (Å²) in [4.78, 5) is 28.0. The molecule has 2 heterocycles. The fourth-order valence-electron chi connectivity index (χ4n) is 2.62. The van der Waals surface area contributed by atoms with Gasteiger partial charge in [-0.2, -0.15) is 0 Å². The van der Waals surface area contributed by atoms with Gasteiger partial charge in [-0.15, -0.1) is 0 Å². The second-order valence-electron chi connectivity index (χ2n) is 5.15. The first kappa shape index (κ1) is 17.0. The summed E-state index contributed by atoms with van der Waals surface area (Å²) >= 11 is 3.26. The number of halogens is 1. The molecule has 2 saturated heterocycles. The number of ether oxygens (including phenoxy) is 2. The van der Waals surface area contributed by atoms with Gasteiger partial charge in [0.2, 0.25) is 5.91 Å². The van der Waals surface area contributed by atoms with Crippen molar-refractivity contribution in [2.45, 2.75) is 42.3 Å². The van der Waals surface area contributed by atoms with Crippen LogP contribution in [-0.4, -0.2) is 64.6 Å². The van der Waals surface area contributed by atoms with Crippen molar-refractivity contribution in [3.63, 3.8) is 0 Å². The van der Waals surface area contributed by atoms with Crippen LogP contribution in [0.1, 0.15) is 13.3 Å². The Morgan fingerprint density at radius 1 is 1.77 bits per heavy atom. The van der Waals surface area contributed by atoms with Crippen LogP contribution in [0.5, 0.6) is 0 Å². The molecule has 2 rings (SSSR count).